The number of nitrogens with zero attached hydrogens (tertiary/aromatic N) is 1. The van der Waals surface area contributed by atoms with Gasteiger partial charge in [0.1, 0.15) is 0 Å². The van der Waals surface area contributed by atoms with Crippen LogP contribution in [-0.2, 0) is 6.54 Å². The van der Waals surface area contributed by atoms with Crippen molar-refractivity contribution in [1.82, 2.24) is 15.5 Å². The lowest BCUT2D eigenvalue weighted by atomic mass is 10.0. The fraction of sp³-hybridized carbons (Fsp3) is 0.714. The largest absolute Gasteiger partial charge is 0.314 e. The normalized spacial score (nSPS) is 18.2. The van der Waals surface area contributed by atoms with Crippen LogP contribution in [0.3, 0.4) is 0 Å². The molecule has 0 unspecified atom stereocenters. The first-order valence-corrected chi connectivity index (χ1v) is 7.72. The van der Waals surface area contributed by atoms with Gasteiger partial charge in [-0.15, -0.1) is 0 Å². The number of piperazine rings is 1. The zero-order chi connectivity index (χ0) is 13.0. The van der Waals surface area contributed by atoms with E-state index < -0.39 is 0 Å². The molecule has 2 heterocycles. The Morgan fingerprint density at radius 3 is 2.67 bits per heavy atom. The molecular weight excluding hydrogens is 242 g/mol. The topological polar surface area (TPSA) is 27.3 Å². The molecular formula is C14H25N3S. The monoisotopic (exact) mass is 267 g/mol. The number of rotatable bonds is 5. The van der Waals surface area contributed by atoms with E-state index in [9.17, 15) is 0 Å². The van der Waals surface area contributed by atoms with Gasteiger partial charge < -0.3 is 10.6 Å². The third-order valence-corrected chi connectivity index (χ3v) is 4.72. The molecule has 3 nitrogen and oxygen atoms in total. The maximum atomic E-state index is 3.61. The fourth-order valence-electron chi connectivity index (χ4n) is 2.45. The summed E-state index contributed by atoms with van der Waals surface area (Å²) >= 11 is 1.79. The second-order valence-electron chi connectivity index (χ2n) is 5.73. The van der Waals surface area contributed by atoms with Gasteiger partial charge in [-0.3, -0.25) is 4.90 Å². The Balaban J connectivity index is 1.79. The Kier molecular flexibility index (Phi) is 4.78. The summed E-state index contributed by atoms with van der Waals surface area (Å²) in [5.41, 5.74) is 3.09. The predicted octanol–water partition coefficient (Wildman–Crippen LogP) is 1.83. The van der Waals surface area contributed by atoms with Crippen LogP contribution in [0.25, 0.3) is 0 Å². The molecule has 2 rings (SSSR count). The SMILES string of the molecule is Cc1cscc1CNCC(C)(C)N1CCNCC1. The molecule has 1 saturated heterocycles. The van der Waals surface area contributed by atoms with Crippen LogP contribution in [-0.4, -0.2) is 43.2 Å². The van der Waals surface area contributed by atoms with Crippen molar-refractivity contribution < 1.29 is 0 Å². The third-order valence-electron chi connectivity index (χ3n) is 3.81. The van der Waals surface area contributed by atoms with Gasteiger partial charge >= 0.3 is 0 Å². The Hall–Kier alpha value is -0.420. The minimum atomic E-state index is 0.242. The van der Waals surface area contributed by atoms with Crippen LogP contribution in [0, 0.1) is 6.92 Å². The first-order chi connectivity index (χ1) is 8.59. The molecule has 18 heavy (non-hydrogen) atoms. The summed E-state index contributed by atoms with van der Waals surface area (Å²) in [4.78, 5) is 2.58. The molecule has 0 radical (unpaired) electrons. The molecule has 1 aliphatic heterocycles. The van der Waals surface area contributed by atoms with E-state index in [1.807, 2.05) is 0 Å². The smallest absolute Gasteiger partial charge is 0.0278 e. The van der Waals surface area contributed by atoms with Gasteiger partial charge in [0.15, 0.2) is 0 Å². The van der Waals surface area contributed by atoms with Crippen LogP contribution >= 0.6 is 11.3 Å². The van der Waals surface area contributed by atoms with Gasteiger partial charge in [-0.2, -0.15) is 11.3 Å². The molecule has 102 valence electrons. The average Bonchev–Trinajstić information content (AvgIpc) is 2.76. The number of hydrogen-bond acceptors (Lipinski definition) is 4. The molecule has 0 aliphatic carbocycles. The van der Waals surface area contributed by atoms with Crippen molar-refractivity contribution >= 4 is 11.3 Å². The zero-order valence-corrected chi connectivity index (χ0v) is 12.6. The molecule has 0 atom stereocenters. The quantitative estimate of drug-likeness (QED) is 0.852. The van der Waals surface area contributed by atoms with E-state index in [4.69, 9.17) is 0 Å². The first-order valence-electron chi connectivity index (χ1n) is 6.78. The van der Waals surface area contributed by atoms with Crippen molar-refractivity contribution in [1.29, 1.82) is 0 Å². The predicted molar refractivity (Wildman–Crippen MR) is 79.3 cm³/mol. The van der Waals surface area contributed by atoms with Gasteiger partial charge in [0, 0.05) is 44.8 Å². The summed E-state index contributed by atoms with van der Waals surface area (Å²) in [5.74, 6) is 0. The standard InChI is InChI=1S/C14H25N3S/c1-12-9-18-10-13(12)8-16-11-14(2,3)17-6-4-15-5-7-17/h9-10,15-16H,4-8,11H2,1-3H3. The number of thiophene rings is 1. The number of hydrogen-bond donors (Lipinski definition) is 2. The molecule has 1 aromatic heterocycles. The van der Waals surface area contributed by atoms with Crippen LogP contribution in [0.5, 0.6) is 0 Å². The summed E-state index contributed by atoms with van der Waals surface area (Å²) in [5, 5.41) is 11.5. The lowest BCUT2D eigenvalue weighted by Crippen LogP contribution is -2.57. The Morgan fingerprint density at radius 1 is 1.33 bits per heavy atom. The molecule has 0 amide bonds. The Bertz CT molecular complexity index is 367. The number of nitrogens with one attached hydrogen (secondary N) is 2. The fourth-order valence-corrected chi connectivity index (χ4v) is 3.31. The van der Waals surface area contributed by atoms with Gasteiger partial charge in [-0.1, -0.05) is 0 Å². The van der Waals surface area contributed by atoms with Gasteiger partial charge in [-0.25, -0.2) is 0 Å². The minimum absolute atomic E-state index is 0.242. The number of aryl methyl sites for hydroxylation is 1. The molecule has 0 aromatic carbocycles. The first kappa shape index (κ1) is 14.0. The highest BCUT2D eigenvalue weighted by Crippen LogP contribution is 2.16. The van der Waals surface area contributed by atoms with E-state index in [1.165, 1.54) is 11.1 Å². The van der Waals surface area contributed by atoms with Gasteiger partial charge in [-0.05, 0) is 42.7 Å². The zero-order valence-electron chi connectivity index (χ0n) is 11.8. The van der Waals surface area contributed by atoms with Crippen molar-refractivity contribution in [3.63, 3.8) is 0 Å². The second kappa shape index (κ2) is 6.15. The second-order valence-corrected chi connectivity index (χ2v) is 6.48. The molecule has 0 saturated carbocycles. The lowest BCUT2D eigenvalue weighted by Gasteiger charge is -2.41. The minimum Gasteiger partial charge on any atom is -0.314 e. The molecule has 0 bridgehead atoms. The van der Waals surface area contributed by atoms with Crippen molar-refractivity contribution in [2.45, 2.75) is 32.9 Å². The van der Waals surface area contributed by atoms with E-state index in [1.54, 1.807) is 11.3 Å². The summed E-state index contributed by atoms with van der Waals surface area (Å²) in [6.07, 6.45) is 0. The maximum Gasteiger partial charge on any atom is 0.0278 e. The average molecular weight is 267 g/mol. The van der Waals surface area contributed by atoms with Gasteiger partial charge in [0.05, 0.1) is 0 Å². The lowest BCUT2D eigenvalue weighted by molar-refractivity contribution is 0.102. The highest BCUT2D eigenvalue weighted by Gasteiger charge is 2.27. The molecule has 2 N–H and O–H groups in total. The van der Waals surface area contributed by atoms with Crippen molar-refractivity contribution in [3.05, 3.63) is 21.9 Å². The summed E-state index contributed by atoms with van der Waals surface area (Å²) < 4.78 is 0. The highest BCUT2D eigenvalue weighted by atomic mass is 32.1. The highest BCUT2D eigenvalue weighted by molar-refractivity contribution is 7.08. The van der Waals surface area contributed by atoms with Crippen LogP contribution in [0.15, 0.2) is 10.8 Å². The van der Waals surface area contributed by atoms with Crippen LogP contribution in [0.1, 0.15) is 25.0 Å². The van der Waals surface area contributed by atoms with Crippen molar-refractivity contribution in [3.8, 4) is 0 Å². The van der Waals surface area contributed by atoms with Gasteiger partial charge in [0.25, 0.3) is 0 Å². The van der Waals surface area contributed by atoms with E-state index in [0.717, 1.165) is 39.3 Å². The molecule has 1 aromatic rings. The van der Waals surface area contributed by atoms with E-state index >= 15 is 0 Å². The summed E-state index contributed by atoms with van der Waals surface area (Å²) in [7, 11) is 0. The molecule has 4 heteroatoms. The van der Waals surface area contributed by atoms with E-state index in [-0.39, 0.29) is 5.54 Å². The van der Waals surface area contributed by atoms with E-state index in [0.29, 0.717) is 0 Å². The van der Waals surface area contributed by atoms with Crippen LogP contribution in [0.2, 0.25) is 0 Å². The van der Waals surface area contributed by atoms with Crippen LogP contribution < -0.4 is 10.6 Å². The third kappa shape index (κ3) is 3.54. The Morgan fingerprint density at radius 2 is 2.06 bits per heavy atom. The molecule has 0 spiro atoms. The molecule has 1 aliphatic rings. The summed E-state index contributed by atoms with van der Waals surface area (Å²) in [6, 6.07) is 0. The van der Waals surface area contributed by atoms with Crippen molar-refractivity contribution in [2.24, 2.45) is 0 Å². The van der Waals surface area contributed by atoms with Gasteiger partial charge in [0.2, 0.25) is 0 Å². The summed E-state index contributed by atoms with van der Waals surface area (Å²) in [6.45, 7) is 13.5. The Labute approximate surface area is 115 Å². The van der Waals surface area contributed by atoms with E-state index in [2.05, 4.69) is 47.1 Å². The molecule has 1 fully saturated rings. The maximum absolute atomic E-state index is 3.61. The van der Waals surface area contributed by atoms with Crippen LogP contribution in [0.4, 0.5) is 0 Å². The van der Waals surface area contributed by atoms with Crippen molar-refractivity contribution in [2.75, 3.05) is 32.7 Å².